The molecular formula is C17H34N2O. The lowest BCUT2D eigenvalue weighted by molar-refractivity contribution is -0.00876. The van der Waals surface area contributed by atoms with Gasteiger partial charge in [0.15, 0.2) is 0 Å². The van der Waals surface area contributed by atoms with E-state index in [0.717, 1.165) is 38.4 Å². The third-order valence-corrected chi connectivity index (χ3v) is 6.17. The first-order chi connectivity index (χ1) is 9.47. The van der Waals surface area contributed by atoms with Crippen LogP contribution in [0.25, 0.3) is 0 Å². The van der Waals surface area contributed by atoms with E-state index in [4.69, 9.17) is 5.73 Å². The van der Waals surface area contributed by atoms with Crippen LogP contribution in [0.2, 0.25) is 0 Å². The van der Waals surface area contributed by atoms with Crippen LogP contribution in [-0.4, -0.2) is 41.8 Å². The summed E-state index contributed by atoms with van der Waals surface area (Å²) in [6, 6.07) is 0.597. The van der Waals surface area contributed by atoms with E-state index in [1.165, 1.54) is 25.7 Å². The fraction of sp³-hybridized carbons (Fsp3) is 1.00. The lowest BCUT2D eigenvalue weighted by atomic mass is 9.65. The summed E-state index contributed by atoms with van der Waals surface area (Å²) in [4.78, 5) is 2.55. The van der Waals surface area contributed by atoms with Crippen LogP contribution in [-0.2, 0) is 0 Å². The van der Waals surface area contributed by atoms with Crippen molar-refractivity contribution < 1.29 is 5.11 Å². The minimum absolute atomic E-state index is 0.123. The first kappa shape index (κ1) is 16.3. The van der Waals surface area contributed by atoms with Crippen LogP contribution in [0.1, 0.15) is 59.3 Å². The molecule has 0 aromatic rings. The van der Waals surface area contributed by atoms with Crippen LogP contribution in [0.15, 0.2) is 0 Å². The fourth-order valence-electron chi connectivity index (χ4n) is 4.21. The highest BCUT2D eigenvalue weighted by molar-refractivity contribution is 4.93. The predicted octanol–water partition coefficient (Wildman–Crippen LogP) is 2.62. The van der Waals surface area contributed by atoms with Crippen LogP contribution in [0.5, 0.6) is 0 Å². The second-order valence-corrected chi connectivity index (χ2v) is 7.71. The van der Waals surface area contributed by atoms with Crippen LogP contribution in [0, 0.1) is 17.3 Å². The van der Waals surface area contributed by atoms with Gasteiger partial charge in [-0.05, 0) is 62.4 Å². The Kier molecular flexibility index (Phi) is 5.49. The summed E-state index contributed by atoms with van der Waals surface area (Å²) >= 11 is 0. The summed E-state index contributed by atoms with van der Waals surface area (Å²) in [7, 11) is 0. The lowest BCUT2D eigenvalue weighted by Gasteiger charge is -2.48. The van der Waals surface area contributed by atoms with Crippen LogP contribution < -0.4 is 5.73 Å². The molecule has 4 unspecified atom stereocenters. The Bertz CT molecular complexity index is 305. The molecule has 0 aromatic carbocycles. The van der Waals surface area contributed by atoms with Crippen LogP contribution in [0.4, 0.5) is 0 Å². The highest BCUT2D eigenvalue weighted by Crippen LogP contribution is 2.43. The number of aliphatic hydroxyl groups excluding tert-OH is 1. The van der Waals surface area contributed by atoms with Gasteiger partial charge in [-0.1, -0.05) is 27.2 Å². The maximum Gasteiger partial charge on any atom is 0.0667 e. The number of hydrogen-bond donors (Lipinski definition) is 2. The van der Waals surface area contributed by atoms with E-state index >= 15 is 0 Å². The van der Waals surface area contributed by atoms with Crippen LogP contribution >= 0.6 is 0 Å². The van der Waals surface area contributed by atoms with Gasteiger partial charge in [0.25, 0.3) is 0 Å². The molecule has 3 N–H and O–H groups in total. The van der Waals surface area contributed by atoms with Gasteiger partial charge in [-0.25, -0.2) is 0 Å². The quantitative estimate of drug-likeness (QED) is 0.833. The second-order valence-electron chi connectivity index (χ2n) is 7.71. The minimum Gasteiger partial charge on any atom is -0.392 e. The molecule has 1 saturated carbocycles. The number of piperidine rings is 1. The molecule has 1 heterocycles. The van der Waals surface area contributed by atoms with Crippen molar-refractivity contribution >= 4 is 0 Å². The number of nitrogens with zero attached hydrogens (tertiary/aromatic N) is 1. The molecule has 0 bridgehead atoms. The summed E-state index contributed by atoms with van der Waals surface area (Å²) in [6.07, 6.45) is 7.10. The molecule has 3 nitrogen and oxygen atoms in total. The Hall–Kier alpha value is -0.120. The molecule has 2 aliphatic rings. The van der Waals surface area contributed by atoms with Gasteiger partial charge in [0.2, 0.25) is 0 Å². The van der Waals surface area contributed by atoms with E-state index < -0.39 is 0 Å². The summed E-state index contributed by atoms with van der Waals surface area (Å²) in [5.74, 6) is 1.43. The van der Waals surface area contributed by atoms with Gasteiger partial charge in [-0.3, -0.25) is 4.90 Å². The van der Waals surface area contributed by atoms with Crippen LogP contribution in [0.3, 0.4) is 0 Å². The Balaban J connectivity index is 2.06. The average molecular weight is 282 g/mol. The van der Waals surface area contributed by atoms with Gasteiger partial charge < -0.3 is 10.8 Å². The van der Waals surface area contributed by atoms with Crippen molar-refractivity contribution in [3.63, 3.8) is 0 Å². The number of β-amino-alcohol motifs (C(OH)–C–C–N with tert-alkyl or cyclic N) is 1. The van der Waals surface area contributed by atoms with Crippen molar-refractivity contribution in [3.05, 3.63) is 0 Å². The van der Waals surface area contributed by atoms with E-state index in [1.54, 1.807) is 0 Å². The maximum atomic E-state index is 9.97. The van der Waals surface area contributed by atoms with Gasteiger partial charge in [0.1, 0.15) is 0 Å². The number of aliphatic hydroxyl groups is 1. The normalized spacial score (nSPS) is 37.0. The average Bonchev–Trinajstić information content (AvgIpc) is 2.46. The SMILES string of the molecule is CCC(C)(C)C1CCC(CN)C(N2CCCC(O)C2)C1. The third kappa shape index (κ3) is 3.55. The number of likely N-dealkylation sites (tertiary alicyclic amines) is 1. The Morgan fingerprint density at radius 2 is 2.00 bits per heavy atom. The molecule has 0 spiro atoms. The molecular weight excluding hydrogens is 248 g/mol. The first-order valence-corrected chi connectivity index (χ1v) is 8.60. The lowest BCUT2D eigenvalue weighted by Crippen LogP contribution is -2.52. The Labute approximate surface area is 124 Å². The molecule has 0 aromatic heterocycles. The van der Waals surface area contributed by atoms with Crippen molar-refractivity contribution in [1.82, 2.24) is 4.90 Å². The predicted molar refractivity (Wildman–Crippen MR) is 84.6 cm³/mol. The number of nitrogens with two attached hydrogens (primary N) is 1. The highest BCUT2D eigenvalue weighted by Gasteiger charge is 2.39. The molecule has 2 rings (SSSR count). The zero-order chi connectivity index (χ0) is 14.8. The fourth-order valence-corrected chi connectivity index (χ4v) is 4.21. The van der Waals surface area contributed by atoms with E-state index in [0.29, 0.717) is 17.4 Å². The van der Waals surface area contributed by atoms with Gasteiger partial charge >= 0.3 is 0 Å². The molecule has 4 atom stereocenters. The minimum atomic E-state index is -0.123. The molecule has 0 amide bonds. The van der Waals surface area contributed by atoms with Gasteiger partial charge in [-0.15, -0.1) is 0 Å². The topological polar surface area (TPSA) is 49.5 Å². The monoisotopic (exact) mass is 282 g/mol. The van der Waals surface area contributed by atoms with E-state index in [9.17, 15) is 5.11 Å². The van der Waals surface area contributed by atoms with Crippen molar-refractivity contribution in [3.8, 4) is 0 Å². The van der Waals surface area contributed by atoms with Crippen molar-refractivity contribution in [1.29, 1.82) is 0 Å². The van der Waals surface area contributed by atoms with E-state index in [1.807, 2.05) is 0 Å². The Morgan fingerprint density at radius 3 is 2.60 bits per heavy atom. The van der Waals surface area contributed by atoms with Crippen molar-refractivity contribution in [2.45, 2.75) is 71.4 Å². The zero-order valence-electron chi connectivity index (χ0n) is 13.6. The number of hydrogen-bond acceptors (Lipinski definition) is 3. The number of rotatable bonds is 4. The molecule has 1 aliphatic heterocycles. The van der Waals surface area contributed by atoms with Gasteiger partial charge in [0, 0.05) is 12.6 Å². The van der Waals surface area contributed by atoms with E-state index in [-0.39, 0.29) is 6.10 Å². The smallest absolute Gasteiger partial charge is 0.0667 e. The maximum absolute atomic E-state index is 9.97. The molecule has 1 aliphatic carbocycles. The Morgan fingerprint density at radius 1 is 1.25 bits per heavy atom. The second kappa shape index (κ2) is 6.76. The van der Waals surface area contributed by atoms with Crippen molar-refractivity contribution in [2.75, 3.05) is 19.6 Å². The zero-order valence-corrected chi connectivity index (χ0v) is 13.6. The van der Waals surface area contributed by atoms with E-state index in [2.05, 4.69) is 25.7 Å². The molecule has 20 heavy (non-hydrogen) atoms. The molecule has 0 radical (unpaired) electrons. The summed E-state index contributed by atoms with van der Waals surface area (Å²) < 4.78 is 0. The summed E-state index contributed by atoms with van der Waals surface area (Å²) in [5.41, 5.74) is 6.47. The molecule has 118 valence electrons. The largest absolute Gasteiger partial charge is 0.392 e. The molecule has 2 fully saturated rings. The summed E-state index contributed by atoms with van der Waals surface area (Å²) in [5, 5.41) is 9.97. The van der Waals surface area contributed by atoms with Crippen molar-refractivity contribution in [2.24, 2.45) is 23.0 Å². The standard InChI is InChI=1S/C17H34N2O/c1-4-17(2,3)14-8-7-13(11-18)16(10-14)19-9-5-6-15(20)12-19/h13-16,20H,4-12,18H2,1-3H3. The molecule has 3 heteroatoms. The highest BCUT2D eigenvalue weighted by atomic mass is 16.3. The summed E-state index contributed by atoms with van der Waals surface area (Å²) in [6.45, 7) is 9.97. The third-order valence-electron chi connectivity index (χ3n) is 6.17. The molecule has 1 saturated heterocycles. The first-order valence-electron chi connectivity index (χ1n) is 8.60. The van der Waals surface area contributed by atoms with Gasteiger partial charge in [0.05, 0.1) is 6.10 Å². The van der Waals surface area contributed by atoms with Gasteiger partial charge in [-0.2, -0.15) is 0 Å².